The molecule has 2 aromatic rings. The second-order valence-electron chi connectivity index (χ2n) is 6.01. The summed E-state index contributed by atoms with van der Waals surface area (Å²) in [5, 5.41) is 20.5. The van der Waals surface area contributed by atoms with Gasteiger partial charge >= 0.3 is 0 Å². The van der Waals surface area contributed by atoms with E-state index in [1.165, 1.54) is 24.3 Å². The first kappa shape index (κ1) is 19.4. The van der Waals surface area contributed by atoms with Crippen LogP contribution >= 0.6 is 12.4 Å². The molecule has 6 nitrogen and oxygen atoms in total. The molecule has 1 amide bonds. The van der Waals surface area contributed by atoms with Gasteiger partial charge in [0.1, 0.15) is 11.4 Å². The molecule has 1 aliphatic rings. The summed E-state index contributed by atoms with van der Waals surface area (Å²) in [5.41, 5.74) is -0.174. The van der Waals surface area contributed by atoms with E-state index in [2.05, 4.69) is 15.7 Å². The highest BCUT2D eigenvalue weighted by Gasteiger charge is 2.41. The van der Waals surface area contributed by atoms with Crippen molar-refractivity contribution in [2.24, 2.45) is 0 Å². The number of aliphatic hydroxyl groups is 1. The van der Waals surface area contributed by atoms with Gasteiger partial charge in [-0.15, -0.1) is 12.4 Å². The Balaban J connectivity index is 0.00000225. The van der Waals surface area contributed by atoms with E-state index in [1.807, 2.05) is 0 Å². The molecule has 1 aromatic carbocycles. The second-order valence-corrected chi connectivity index (χ2v) is 6.01. The number of nitrogens with zero attached hydrogens (tertiary/aromatic N) is 2. The second kappa shape index (κ2) is 8.42. The normalized spacial score (nSPS) is 17.4. The van der Waals surface area contributed by atoms with Crippen molar-refractivity contribution in [2.75, 3.05) is 19.6 Å². The number of rotatable bonds is 5. The van der Waals surface area contributed by atoms with E-state index in [0.717, 1.165) is 13.1 Å². The van der Waals surface area contributed by atoms with Crippen molar-refractivity contribution in [2.45, 2.75) is 24.5 Å². The minimum absolute atomic E-state index is 0. The minimum atomic E-state index is -0.883. The summed E-state index contributed by atoms with van der Waals surface area (Å²) in [7, 11) is 0. The molecule has 1 atom stereocenters. The molecule has 0 bridgehead atoms. The highest BCUT2D eigenvalue weighted by molar-refractivity contribution is 5.85. The monoisotopic (exact) mass is 368 g/mol. The van der Waals surface area contributed by atoms with Crippen LogP contribution in [-0.4, -0.2) is 40.4 Å². The molecule has 0 aliphatic carbocycles. The minimum Gasteiger partial charge on any atom is -0.387 e. The number of halogens is 2. The molecule has 1 aliphatic heterocycles. The van der Waals surface area contributed by atoms with Crippen LogP contribution in [0.2, 0.25) is 0 Å². The van der Waals surface area contributed by atoms with Crippen LogP contribution in [0.3, 0.4) is 0 Å². The molecule has 1 fully saturated rings. The van der Waals surface area contributed by atoms with Gasteiger partial charge in [0, 0.05) is 18.9 Å². The Bertz CT molecular complexity index is 672. The van der Waals surface area contributed by atoms with Gasteiger partial charge < -0.3 is 15.7 Å². The van der Waals surface area contributed by atoms with E-state index in [0.29, 0.717) is 18.4 Å². The fourth-order valence-corrected chi connectivity index (χ4v) is 3.08. The number of benzene rings is 1. The van der Waals surface area contributed by atoms with Crippen molar-refractivity contribution < 1.29 is 14.3 Å². The molecule has 8 heteroatoms. The van der Waals surface area contributed by atoms with E-state index in [-0.39, 0.29) is 30.7 Å². The zero-order valence-corrected chi connectivity index (χ0v) is 14.5. The van der Waals surface area contributed by atoms with Gasteiger partial charge in [0.05, 0.1) is 6.10 Å². The predicted molar refractivity (Wildman–Crippen MR) is 93.9 cm³/mol. The van der Waals surface area contributed by atoms with Gasteiger partial charge in [-0.2, -0.15) is 5.10 Å². The number of nitrogens with one attached hydrogen (secondary N) is 2. The molecule has 25 heavy (non-hydrogen) atoms. The van der Waals surface area contributed by atoms with Crippen molar-refractivity contribution in [3.8, 4) is 0 Å². The lowest BCUT2D eigenvalue weighted by molar-refractivity contribution is -0.132. The lowest BCUT2D eigenvalue weighted by Gasteiger charge is -2.36. The third kappa shape index (κ3) is 4.18. The molecule has 0 saturated carbocycles. The number of carbonyl (C=O) groups is 1. The van der Waals surface area contributed by atoms with Crippen LogP contribution in [0.4, 0.5) is 4.39 Å². The summed E-state index contributed by atoms with van der Waals surface area (Å²) in [5.74, 6) is -0.517. The Labute approximate surface area is 151 Å². The number of hydrogen-bond acceptors (Lipinski definition) is 4. The number of piperidine rings is 1. The molecular weight excluding hydrogens is 347 g/mol. The van der Waals surface area contributed by atoms with E-state index < -0.39 is 11.6 Å². The first-order valence-electron chi connectivity index (χ1n) is 8.04. The van der Waals surface area contributed by atoms with Gasteiger partial charge in [0.15, 0.2) is 0 Å². The van der Waals surface area contributed by atoms with Crippen molar-refractivity contribution >= 4 is 18.3 Å². The lowest BCUT2D eigenvalue weighted by Crippen LogP contribution is -2.55. The van der Waals surface area contributed by atoms with E-state index in [9.17, 15) is 14.3 Å². The van der Waals surface area contributed by atoms with E-state index in [1.54, 1.807) is 23.1 Å². The van der Waals surface area contributed by atoms with Crippen LogP contribution < -0.4 is 10.6 Å². The third-order valence-electron chi connectivity index (χ3n) is 4.51. The molecule has 0 spiro atoms. The number of aliphatic hydroxyl groups excluding tert-OH is 1. The maximum absolute atomic E-state index is 12.9. The van der Waals surface area contributed by atoms with Crippen molar-refractivity contribution in [3.05, 3.63) is 54.1 Å². The quantitative estimate of drug-likeness (QED) is 0.744. The fourth-order valence-electron chi connectivity index (χ4n) is 3.08. The van der Waals surface area contributed by atoms with Crippen LogP contribution in [0, 0.1) is 5.82 Å². The maximum atomic E-state index is 12.9. The molecule has 3 N–H and O–H groups in total. The van der Waals surface area contributed by atoms with Crippen molar-refractivity contribution in [3.63, 3.8) is 0 Å². The lowest BCUT2D eigenvalue weighted by atomic mass is 9.87. The largest absolute Gasteiger partial charge is 0.387 e. The van der Waals surface area contributed by atoms with Gasteiger partial charge in [0.25, 0.3) is 0 Å². The summed E-state index contributed by atoms with van der Waals surface area (Å²) >= 11 is 0. The van der Waals surface area contributed by atoms with Gasteiger partial charge in [0.2, 0.25) is 5.91 Å². The van der Waals surface area contributed by atoms with Crippen LogP contribution in [0.25, 0.3) is 0 Å². The van der Waals surface area contributed by atoms with Crippen LogP contribution in [0.5, 0.6) is 0 Å². The van der Waals surface area contributed by atoms with Gasteiger partial charge in [-0.05, 0) is 49.7 Å². The Morgan fingerprint density at radius 1 is 1.36 bits per heavy atom. The number of aromatic nitrogens is 2. The highest BCUT2D eigenvalue weighted by Crippen LogP contribution is 2.27. The topological polar surface area (TPSA) is 79.2 Å². The Kier molecular flexibility index (Phi) is 6.52. The third-order valence-corrected chi connectivity index (χ3v) is 4.51. The summed E-state index contributed by atoms with van der Waals surface area (Å²) in [4.78, 5) is 12.8. The van der Waals surface area contributed by atoms with Crippen molar-refractivity contribution in [1.82, 2.24) is 20.4 Å². The number of amides is 1. The molecule has 1 saturated heterocycles. The Morgan fingerprint density at radius 3 is 2.64 bits per heavy atom. The zero-order chi connectivity index (χ0) is 17.0. The van der Waals surface area contributed by atoms with Gasteiger partial charge in [-0.3, -0.25) is 9.48 Å². The Morgan fingerprint density at radius 2 is 2.04 bits per heavy atom. The van der Waals surface area contributed by atoms with E-state index in [4.69, 9.17) is 0 Å². The zero-order valence-electron chi connectivity index (χ0n) is 13.7. The Hall–Kier alpha value is -1.96. The van der Waals surface area contributed by atoms with E-state index >= 15 is 0 Å². The smallest absolute Gasteiger partial charge is 0.248 e. The van der Waals surface area contributed by atoms with Crippen LogP contribution in [0.1, 0.15) is 24.5 Å². The average Bonchev–Trinajstić information content (AvgIpc) is 3.15. The molecule has 2 heterocycles. The van der Waals surface area contributed by atoms with Crippen molar-refractivity contribution in [1.29, 1.82) is 0 Å². The molecule has 136 valence electrons. The first-order chi connectivity index (χ1) is 11.6. The molecule has 0 radical (unpaired) electrons. The van der Waals surface area contributed by atoms with Crippen LogP contribution in [0.15, 0.2) is 42.7 Å². The maximum Gasteiger partial charge on any atom is 0.248 e. The molecule has 1 unspecified atom stereocenters. The predicted octanol–water partition coefficient (Wildman–Crippen LogP) is 1.37. The average molecular weight is 369 g/mol. The fraction of sp³-hybridized carbons (Fsp3) is 0.412. The summed E-state index contributed by atoms with van der Waals surface area (Å²) in [6, 6.07) is 7.40. The first-order valence-corrected chi connectivity index (χ1v) is 8.04. The van der Waals surface area contributed by atoms with Crippen LogP contribution in [-0.2, 0) is 10.3 Å². The summed E-state index contributed by atoms with van der Waals surface area (Å²) in [6.45, 7) is 1.53. The number of carbonyl (C=O) groups excluding carboxylic acids is 1. The molecular formula is C17H22ClFN4O2. The highest BCUT2D eigenvalue weighted by atomic mass is 35.5. The standard InChI is InChI=1S/C17H21FN4O2.ClH/c18-14-4-2-13(3-5-14)15(23)12-20-16(24)17(6-9-19-10-7-17)22-11-1-8-21-22;/h1-5,8,11,15,19,23H,6-7,9-10,12H2,(H,20,24);1H. The summed E-state index contributed by atoms with van der Waals surface area (Å²) in [6.07, 6.45) is 3.83. The SMILES string of the molecule is Cl.O=C(NCC(O)c1ccc(F)cc1)C1(n2cccn2)CCNCC1. The van der Waals surface area contributed by atoms with Gasteiger partial charge in [-0.25, -0.2) is 4.39 Å². The van der Waals surface area contributed by atoms with Gasteiger partial charge in [-0.1, -0.05) is 12.1 Å². The number of hydrogen-bond donors (Lipinski definition) is 3. The molecule has 1 aromatic heterocycles. The summed E-state index contributed by atoms with van der Waals surface area (Å²) < 4.78 is 14.6. The molecule has 3 rings (SSSR count).